The molecule has 0 radical (unpaired) electrons. The van der Waals surface area contributed by atoms with Crippen LogP contribution in [0.3, 0.4) is 0 Å². The Morgan fingerprint density at radius 2 is 1.81 bits per heavy atom. The molecule has 0 saturated heterocycles. The Morgan fingerprint density at radius 3 is 2.25 bits per heavy atom. The van der Waals surface area contributed by atoms with Crippen molar-refractivity contribution in [3.63, 3.8) is 0 Å². The Balaban J connectivity index is 3.02. The number of ether oxygens (including phenoxy) is 2. The molecule has 1 aromatic carbocycles. The monoisotopic (exact) mass is 223 g/mol. The summed E-state index contributed by atoms with van der Waals surface area (Å²) < 4.78 is 10.9. The topological polar surface area (TPSA) is 44.5 Å². The lowest BCUT2D eigenvalue weighted by atomic mass is 10.0. The molecule has 0 spiro atoms. The summed E-state index contributed by atoms with van der Waals surface area (Å²) in [7, 11) is 1.63. The lowest BCUT2D eigenvalue weighted by molar-refractivity contribution is 0.112. The van der Waals surface area contributed by atoms with Crippen LogP contribution in [0.25, 0.3) is 0 Å². The second-order valence-electron chi connectivity index (χ2n) is 4.77. The Bertz CT molecular complexity index is 353. The number of benzene rings is 1. The van der Waals surface area contributed by atoms with Crippen molar-refractivity contribution < 1.29 is 9.47 Å². The minimum absolute atomic E-state index is 0.467. The molecule has 0 aliphatic rings. The van der Waals surface area contributed by atoms with Gasteiger partial charge in [-0.05, 0) is 37.5 Å². The van der Waals surface area contributed by atoms with E-state index in [2.05, 4.69) is 13.8 Å². The second-order valence-corrected chi connectivity index (χ2v) is 4.77. The van der Waals surface area contributed by atoms with Crippen LogP contribution in [0.15, 0.2) is 18.2 Å². The third kappa shape index (κ3) is 3.42. The van der Waals surface area contributed by atoms with Gasteiger partial charge in [-0.25, -0.2) is 0 Å². The van der Waals surface area contributed by atoms with Crippen LogP contribution in [-0.4, -0.2) is 12.8 Å². The zero-order valence-electron chi connectivity index (χ0n) is 10.7. The normalized spacial score (nSPS) is 11.7. The molecular weight excluding hydrogens is 202 g/mol. The largest absolute Gasteiger partial charge is 0.493 e. The van der Waals surface area contributed by atoms with E-state index in [9.17, 15) is 0 Å². The van der Waals surface area contributed by atoms with Gasteiger partial charge < -0.3 is 9.47 Å². The predicted molar refractivity (Wildman–Crippen MR) is 66.0 cm³/mol. The maximum Gasteiger partial charge on any atom is 0.163 e. The number of methoxy groups -OCH3 is 1. The van der Waals surface area contributed by atoms with E-state index in [1.807, 2.05) is 32.0 Å². The molecule has 2 N–H and O–H groups in total. The number of rotatable bonds is 4. The van der Waals surface area contributed by atoms with Gasteiger partial charge in [-0.2, -0.15) is 0 Å². The van der Waals surface area contributed by atoms with E-state index in [1.165, 1.54) is 5.56 Å². The van der Waals surface area contributed by atoms with Gasteiger partial charge in [0, 0.05) is 0 Å². The van der Waals surface area contributed by atoms with Crippen LogP contribution in [-0.2, 0) is 0 Å². The summed E-state index contributed by atoms with van der Waals surface area (Å²) in [5.74, 6) is 1.87. The summed E-state index contributed by atoms with van der Waals surface area (Å²) in [5, 5.41) is 0. The van der Waals surface area contributed by atoms with E-state index >= 15 is 0 Å². The average Bonchev–Trinajstić information content (AvgIpc) is 2.15. The van der Waals surface area contributed by atoms with Crippen molar-refractivity contribution in [1.29, 1.82) is 0 Å². The molecule has 0 atom stereocenters. The van der Waals surface area contributed by atoms with Crippen LogP contribution in [0.1, 0.15) is 39.2 Å². The van der Waals surface area contributed by atoms with E-state index in [4.69, 9.17) is 15.2 Å². The molecule has 0 saturated carbocycles. The fourth-order valence-corrected chi connectivity index (χ4v) is 1.41. The van der Waals surface area contributed by atoms with Crippen molar-refractivity contribution in [2.75, 3.05) is 7.11 Å². The SMILES string of the molecule is COc1cc(C(C)C)ccc1OC(C)(C)N. The number of hydrogen-bond donors (Lipinski definition) is 1. The van der Waals surface area contributed by atoms with Crippen molar-refractivity contribution in [2.24, 2.45) is 5.73 Å². The molecule has 0 aliphatic carbocycles. The summed E-state index contributed by atoms with van der Waals surface area (Å²) in [6.07, 6.45) is 0. The van der Waals surface area contributed by atoms with Crippen molar-refractivity contribution in [3.8, 4) is 11.5 Å². The van der Waals surface area contributed by atoms with Crippen molar-refractivity contribution >= 4 is 0 Å². The van der Waals surface area contributed by atoms with E-state index in [0.29, 0.717) is 11.7 Å². The summed E-state index contributed by atoms with van der Waals surface area (Å²) in [6.45, 7) is 7.90. The quantitative estimate of drug-likeness (QED) is 0.798. The van der Waals surface area contributed by atoms with Crippen LogP contribution in [0, 0.1) is 0 Å². The highest BCUT2D eigenvalue weighted by molar-refractivity contribution is 5.44. The van der Waals surface area contributed by atoms with Gasteiger partial charge in [0.2, 0.25) is 0 Å². The highest BCUT2D eigenvalue weighted by Gasteiger charge is 2.16. The van der Waals surface area contributed by atoms with Gasteiger partial charge in [-0.15, -0.1) is 0 Å². The molecule has 0 unspecified atom stereocenters. The zero-order valence-corrected chi connectivity index (χ0v) is 10.7. The second kappa shape index (κ2) is 4.74. The lowest BCUT2D eigenvalue weighted by Gasteiger charge is -2.23. The third-order valence-electron chi connectivity index (χ3n) is 2.23. The third-order valence-corrected chi connectivity index (χ3v) is 2.23. The minimum Gasteiger partial charge on any atom is -0.493 e. The molecule has 0 fully saturated rings. The molecule has 90 valence electrons. The molecule has 0 heterocycles. The Kier molecular flexibility index (Phi) is 3.81. The average molecular weight is 223 g/mol. The first-order valence-electron chi connectivity index (χ1n) is 5.49. The van der Waals surface area contributed by atoms with E-state index in [1.54, 1.807) is 7.11 Å². The fourth-order valence-electron chi connectivity index (χ4n) is 1.41. The van der Waals surface area contributed by atoms with E-state index in [-0.39, 0.29) is 0 Å². The van der Waals surface area contributed by atoms with Gasteiger partial charge in [0.1, 0.15) is 0 Å². The van der Waals surface area contributed by atoms with E-state index < -0.39 is 5.72 Å². The zero-order chi connectivity index (χ0) is 12.3. The fraction of sp³-hybridized carbons (Fsp3) is 0.538. The first-order chi connectivity index (χ1) is 7.33. The van der Waals surface area contributed by atoms with Crippen molar-refractivity contribution in [3.05, 3.63) is 23.8 Å². The van der Waals surface area contributed by atoms with Gasteiger partial charge in [-0.1, -0.05) is 19.9 Å². The number of hydrogen-bond acceptors (Lipinski definition) is 3. The molecule has 0 amide bonds. The molecule has 16 heavy (non-hydrogen) atoms. The van der Waals surface area contributed by atoms with Crippen molar-refractivity contribution in [2.45, 2.75) is 39.3 Å². The molecular formula is C13H21NO2. The van der Waals surface area contributed by atoms with Crippen LogP contribution >= 0.6 is 0 Å². The summed E-state index contributed by atoms with van der Waals surface area (Å²) >= 11 is 0. The lowest BCUT2D eigenvalue weighted by Crippen LogP contribution is -2.38. The van der Waals surface area contributed by atoms with Gasteiger partial charge >= 0.3 is 0 Å². The molecule has 1 aromatic rings. The van der Waals surface area contributed by atoms with Crippen LogP contribution in [0.5, 0.6) is 11.5 Å². The van der Waals surface area contributed by atoms with E-state index in [0.717, 1.165) is 5.75 Å². The molecule has 0 aliphatic heterocycles. The molecule has 3 heteroatoms. The Labute approximate surface area is 97.6 Å². The van der Waals surface area contributed by atoms with Crippen molar-refractivity contribution in [1.82, 2.24) is 0 Å². The van der Waals surface area contributed by atoms with Gasteiger partial charge in [0.25, 0.3) is 0 Å². The van der Waals surface area contributed by atoms with Gasteiger partial charge in [-0.3, -0.25) is 5.73 Å². The Hall–Kier alpha value is -1.22. The standard InChI is InChI=1S/C13H21NO2/c1-9(2)10-6-7-11(12(8-10)15-5)16-13(3,4)14/h6-9H,14H2,1-5H3. The van der Waals surface area contributed by atoms with Crippen LogP contribution in [0.4, 0.5) is 0 Å². The van der Waals surface area contributed by atoms with Crippen LogP contribution in [0.2, 0.25) is 0 Å². The molecule has 0 aromatic heterocycles. The summed E-state index contributed by atoms with van der Waals surface area (Å²) in [4.78, 5) is 0. The first kappa shape index (κ1) is 12.8. The first-order valence-corrected chi connectivity index (χ1v) is 5.49. The predicted octanol–water partition coefficient (Wildman–Crippen LogP) is 2.89. The summed E-state index contributed by atoms with van der Waals surface area (Å²) in [6, 6.07) is 5.93. The molecule has 3 nitrogen and oxygen atoms in total. The number of nitrogens with two attached hydrogens (primary N) is 1. The minimum atomic E-state index is -0.702. The molecule has 0 bridgehead atoms. The van der Waals surface area contributed by atoms with Crippen LogP contribution < -0.4 is 15.2 Å². The highest BCUT2D eigenvalue weighted by Crippen LogP contribution is 2.32. The maximum atomic E-state index is 5.81. The maximum absolute atomic E-state index is 5.81. The van der Waals surface area contributed by atoms with Gasteiger partial charge in [0.15, 0.2) is 17.2 Å². The summed E-state index contributed by atoms with van der Waals surface area (Å²) in [5.41, 5.74) is 6.33. The Morgan fingerprint density at radius 1 is 1.19 bits per heavy atom. The highest BCUT2D eigenvalue weighted by atomic mass is 16.5. The van der Waals surface area contributed by atoms with Gasteiger partial charge in [0.05, 0.1) is 7.11 Å². The smallest absolute Gasteiger partial charge is 0.163 e. The molecule has 1 rings (SSSR count).